The molecule has 0 fully saturated rings. The summed E-state index contributed by atoms with van der Waals surface area (Å²) < 4.78 is 10.7. The lowest BCUT2D eigenvalue weighted by Gasteiger charge is -2.07. The Bertz CT molecular complexity index is 289. The second kappa shape index (κ2) is 8.28. The molecule has 0 spiro atoms. The van der Waals surface area contributed by atoms with E-state index in [1.54, 1.807) is 7.11 Å². The monoisotopic (exact) mass is 242 g/mol. The average molecular weight is 243 g/mol. The maximum absolute atomic E-state index is 5.62. The zero-order valence-electron chi connectivity index (χ0n) is 9.75. The van der Waals surface area contributed by atoms with Crippen LogP contribution in [0.3, 0.4) is 0 Å². The summed E-state index contributed by atoms with van der Waals surface area (Å²) in [6.07, 6.45) is 4.54. The van der Waals surface area contributed by atoms with Crippen LogP contribution < -0.4 is 9.47 Å². The van der Waals surface area contributed by atoms with Crippen LogP contribution in [0.1, 0.15) is 25.7 Å². The summed E-state index contributed by atoms with van der Waals surface area (Å²) in [6, 6.07) is 7.69. The van der Waals surface area contributed by atoms with Crippen LogP contribution in [0.5, 0.6) is 11.5 Å². The molecule has 0 aliphatic carbocycles. The van der Waals surface area contributed by atoms with Crippen LogP contribution in [0, 0.1) is 0 Å². The molecule has 90 valence electrons. The third-order valence-electron chi connectivity index (χ3n) is 2.34. The fourth-order valence-electron chi connectivity index (χ4n) is 1.43. The molecule has 3 heteroatoms. The van der Waals surface area contributed by atoms with Crippen LogP contribution in [-0.4, -0.2) is 19.6 Å². The van der Waals surface area contributed by atoms with Gasteiger partial charge in [-0.2, -0.15) is 0 Å². The minimum absolute atomic E-state index is 0.759. The fourth-order valence-corrected chi connectivity index (χ4v) is 1.62. The van der Waals surface area contributed by atoms with Crippen molar-refractivity contribution in [3.05, 3.63) is 24.3 Å². The summed E-state index contributed by atoms with van der Waals surface area (Å²) in [5, 5.41) is 0. The maximum atomic E-state index is 5.62. The van der Waals surface area contributed by atoms with Crippen molar-refractivity contribution in [1.29, 1.82) is 0 Å². The predicted octanol–water partition coefficient (Wildman–Crippen LogP) is 3.87. The predicted molar refractivity (Wildman–Crippen MR) is 67.7 cm³/mol. The molecular weight excluding hydrogens is 224 g/mol. The molecule has 0 saturated carbocycles. The van der Waals surface area contributed by atoms with Gasteiger partial charge in [-0.3, -0.25) is 0 Å². The maximum Gasteiger partial charge on any atom is 0.122 e. The molecule has 1 rings (SSSR count). The molecule has 0 aliphatic rings. The lowest BCUT2D eigenvalue weighted by atomic mass is 10.2. The minimum Gasteiger partial charge on any atom is -0.497 e. The summed E-state index contributed by atoms with van der Waals surface area (Å²) in [5.74, 6) is 2.47. The van der Waals surface area contributed by atoms with Gasteiger partial charge in [0, 0.05) is 11.9 Å². The molecule has 0 unspecified atom stereocenters. The number of methoxy groups -OCH3 is 1. The minimum atomic E-state index is 0.759. The first kappa shape index (κ1) is 13.2. The number of halogens is 1. The molecule has 0 aliphatic heterocycles. The summed E-state index contributed by atoms with van der Waals surface area (Å²) in [6.45, 7) is 0.759. The van der Waals surface area contributed by atoms with E-state index in [2.05, 4.69) is 0 Å². The Morgan fingerprint density at radius 3 is 2.56 bits per heavy atom. The molecule has 0 N–H and O–H groups in total. The Kier molecular flexibility index (Phi) is 6.82. The number of rotatable bonds is 8. The first-order chi connectivity index (χ1) is 7.86. The molecule has 16 heavy (non-hydrogen) atoms. The van der Waals surface area contributed by atoms with Gasteiger partial charge >= 0.3 is 0 Å². The number of hydrogen-bond acceptors (Lipinski definition) is 2. The number of hydrogen-bond donors (Lipinski definition) is 0. The molecule has 2 nitrogen and oxygen atoms in total. The van der Waals surface area contributed by atoms with Gasteiger partial charge in [0.1, 0.15) is 11.5 Å². The molecule has 0 saturated heterocycles. The normalized spacial score (nSPS) is 10.1. The van der Waals surface area contributed by atoms with Crippen molar-refractivity contribution in [2.45, 2.75) is 25.7 Å². The van der Waals surface area contributed by atoms with E-state index >= 15 is 0 Å². The van der Waals surface area contributed by atoms with Gasteiger partial charge < -0.3 is 9.47 Å². The highest BCUT2D eigenvalue weighted by Gasteiger charge is 1.96. The Hall–Kier alpha value is -0.890. The van der Waals surface area contributed by atoms with E-state index in [0.29, 0.717) is 0 Å². The highest BCUT2D eigenvalue weighted by Crippen LogP contribution is 2.19. The van der Waals surface area contributed by atoms with Crippen molar-refractivity contribution in [3.63, 3.8) is 0 Å². The van der Waals surface area contributed by atoms with Gasteiger partial charge in [0.2, 0.25) is 0 Å². The van der Waals surface area contributed by atoms with Gasteiger partial charge in [-0.05, 0) is 25.0 Å². The van der Waals surface area contributed by atoms with E-state index in [0.717, 1.165) is 36.8 Å². The molecule has 0 heterocycles. The Labute approximate surface area is 103 Å². The van der Waals surface area contributed by atoms with E-state index < -0.39 is 0 Å². The second-order valence-corrected chi connectivity index (χ2v) is 4.01. The van der Waals surface area contributed by atoms with Crippen LogP contribution in [0.2, 0.25) is 0 Å². The van der Waals surface area contributed by atoms with Crippen LogP contribution in [0.4, 0.5) is 0 Å². The van der Waals surface area contributed by atoms with Crippen molar-refractivity contribution in [2.75, 3.05) is 19.6 Å². The third-order valence-corrected chi connectivity index (χ3v) is 2.61. The SMILES string of the molecule is COc1cccc(OCCCCCCCl)c1. The average Bonchev–Trinajstić information content (AvgIpc) is 2.34. The molecular formula is C13H19ClO2. The van der Waals surface area contributed by atoms with Crippen molar-refractivity contribution in [3.8, 4) is 11.5 Å². The van der Waals surface area contributed by atoms with Crippen molar-refractivity contribution >= 4 is 11.6 Å². The zero-order valence-corrected chi connectivity index (χ0v) is 10.5. The molecule has 1 aromatic carbocycles. The lowest BCUT2D eigenvalue weighted by molar-refractivity contribution is 0.303. The fraction of sp³-hybridized carbons (Fsp3) is 0.538. The van der Waals surface area contributed by atoms with Gasteiger partial charge in [-0.1, -0.05) is 18.9 Å². The zero-order chi connectivity index (χ0) is 11.6. The summed E-state index contributed by atoms with van der Waals surface area (Å²) in [7, 11) is 1.66. The van der Waals surface area contributed by atoms with Gasteiger partial charge in [-0.15, -0.1) is 11.6 Å². The number of alkyl halides is 1. The van der Waals surface area contributed by atoms with Crippen LogP contribution >= 0.6 is 11.6 Å². The molecule has 0 aromatic heterocycles. The number of ether oxygens (including phenoxy) is 2. The van der Waals surface area contributed by atoms with Crippen LogP contribution in [0.15, 0.2) is 24.3 Å². The molecule has 0 bridgehead atoms. The van der Waals surface area contributed by atoms with Gasteiger partial charge in [0.15, 0.2) is 0 Å². The molecule has 0 atom stereocenters. The first-order valence-corrected chi connectivity index (χ1v) is 6.23. The van der Waals surface area contributed by atoms with Gasteiger partial charge in [-0.25, -0.2) is 0 Å². The van der Waals surface area contributed by atoms with Gasteiger partial charge in [0.05, 0.1) is 13.7 Å². The van der Waals surface area contributed by atoms with Crippen molar-refractivity contribution < 1.29 is 9.47 Å². The van der Waals surface area contributed by atoms with E-state index in [1.807, 2.05) is 24.3 Å². The molecule has 0 amide bonds. The second-order valence-electron chi connectivity index (χ2n) is 3.63. The van der Waals surface area contributed by atoms with E-state index in [9.17, 15) is 0 Å². The third kappa shape index (κ3) is 5.26. The van der Waals surface area contributed by atoms with Gasteiger partial charge in [0.25, 0.3) is 0 Å². The smallest absolute Gasteiger partial charge is 0.122 e. The van der Waals surface area contributed by atoms with E-state index in [-0.39, 0.29) is 0 Å². The molecule has 1 aromatic rings. The van der Waals surface area contributed by atoms with Crippen LogP contribution in [0.25, 0.3) is 0 Å². The Balaban J connectivity index is 2.16. The molecule has 0 radical (unpaired) electrons. The highest BCUT2D eigenvalue weighted by atomic mass is 35.5. The lowest BCUT2D eigenvalue weighted by Crippen LogP contribution is -1.97. The van der Waals surface area contributed by atoms with E-state index in [1.165, 1.54) is 12.8 Å². The topological polar surface area (TPSA) is 18.5 Å². The summed E-state index contributed by atoms with van der Waals surface area (Å²) in [5.41, 5.74) is 0. The Morgan fingerprint density at radius 2 is 1.81 bits per heavy atom. The van der Waals surface area contributed by atoms with Crippen molar-refractivity contribution in [1.82, 2.24) is 0 Å². The number of unbranched alkanes of at least 4 members (excludes halogenated alkanes) is 3. The largest absolute Gasteiger partial charge is 0.497 e. The summed E-state index contributed by atoms with van der Waals surface area (Å²) >= 11 is 5.60. The van der Waals surface area contributed by atoms with E-state index in [4.69, 9.17) is 21.1 Å². The first-order valence-electron chi connectivity index (χ1n) is 5.69. The quantitative estimate of drug-likeness (QED) is 0.509. The number of benzene rings is 1. The standard InChI is InChI=1S/C13H19ClO2/c1-15-12-7-6-8-13(11-12)16-10-5-3-2-4-9-14/h6-8,11H,2-5,9-10H2,1H3. The highest BCUT2D eigenvalue weighted by molar-refractivity contribution is 6.17. The van der Waals surface area contributed by atoms with Crippen LogP contribution in [-0.2, 0) is 0 Å². The van der Waals surface area contributed by atoms with Crippen molar-refractivity contribution in [2.24, 2.45) is 0 Å². The summed E-state index contributed by atoms with van der Waals surface area (Å²) in [4.78, 5) is 0. The Morgan fingerprint density at radius 1 is 1.06 bits per heavy atom.